The van der Waals surface area contributed by atoms with Crippen molar-refractivity contribution >= 4 is 39.2 Å². The minimum atomic E-state index is -0.349. The van der Waals surface area contributed by atoms with Gasteiger partial charge in [-0.1, -0.05) is 48.2 Å². The molecule has 0 bridgehead atoms. The summed E-state index contributed by atoms with van der Waals surface area (Å²) >= 11 is 2.73. The highest BCUT2D eigenvalue weighted by Gasteiger charge is 2.20. The first kappa shape index (κ1) is 19.4. The van der Waals surface area contributed by atoms with E-state index in [4.69, 9.17) is 4.98 Å². The lowest BCUT2D eigenvalue weighted by atomic mass is 10.2. The van der Waals surface area contributed by atoms with Gasteiger partial charge in [0.15, 0.2) is 5.16 Å². The maximum atomic E-state index is 13.0. The van der Waals surface area contributed by atoms with E-state index >= 15 is 0 Å². The molecule has 0 aliphatic rings. The molecule has 0 saturated carbocycles. The molecule has 1 atom stereocenters. The third-order valence-corrected chi connectivity index (χ3v) is 6.22. The van der Waals surface area contributed by atoms with Gasteiger partial charge < -0.3 is 5.32 Å². The smallest absolute Gasteiger partial charge is 0.272 e. The summed E-state index contributed by atoms with van der Waals surface area (Å²) in [5.41, 5.74) is 1.62. The van der Waals surface area contributed by atoms with Gasteiger partial charge >= 0.3 is 0 Å². The van der Waals surface area contributed by atoms with Gasteiger partial charge in [0.05, 0.1) is 10.8 Å². The number of carbonyl (C=O) groups excluding carboxylic acids is 1. The summed E-state index contributed by atoms with van der Waals surface area (Å²) in [7, 11) is 0. The number of hydrogen-bond donors (Lipinski definition) is 1. The highest BCUT2D eigenvalue weighted by Crippen LogP contribution is 2.32. The second-order valence-electron chi connectivity index (χ2n) is 5.94. The first-order chi connectivity index (χ1) is 13.0. The van der Waals surface area contributed by atoms with E-state index in [1.54, 1.807) is 10.6 Å². The van der Waals surface area contributed by atoms with Crippen LogP contribution in [0.1, 0.15) is 13.8 Å². The van der Waals surface area contributed by atoms with Gasteiger partial charge in [-0.15, -0.1) is 17.9 Å². The van der Waals surface area contributed by atoms with Gasteiger partial charge in [0.1, 0.15) is 4.70 Å². The molecular formula is C20H21N3O2S2. The maximum Gasteiger partial charge on any atom is 0.272 e. The molecule has 0 spiro atoms. The van der Waals surface area contributed by atoms with E-state index in [0.717, 1.165) is 10.4 Å². The second kappa shape index (κ2) is 8.54. The zero-order valence-electron chi connectivity index (χ0n) is 15.3. The van der Waals surface area contributed by atoms with Gasteiger partial charge in [0, 0.05) is 18.0 Å². The summed E-state index contributed by atoms with van der Waals surface area (Å²) in [6.07, 6.45) is 1.67. The Kier molecular flexibility index (Phi) is 6.13. The number of carbonyl (C=O) groups is 1. The van der Waals surface area contributed by atoms with Crippen molar-refractivity contribution in [2.75, 3.05) is 6.54 Å². The van der Waals surface area contributed by atoms with E-state index in [0.29, 0.717) is 28.5 Å². The normalized spacial score (nSPS) is 12.1. The lowest BCUT2D eigenvalue weighted by molar-refractivity contribution is -0.120. The van der Waals surface area contributed by atoms with Crippen molar-refractivity contribution in [2.45, 2.75) is 30.8 Å². The topological polar surface area (TPSA) is 64.0 Å². The lowest BCUT2D eigenvalue weighted by Gasteiger charge is -2.14. The summed E-state index contributed by atoms with van der Waals surface area (Å²) in [5, 5.41) is 2.98. The molecule has 2 aromatic heterocycles. The number of allylic oxidation sites excluding steroid dienone is 1. The van der Waals surface area contributed by atoms with Crippen molar-refractivity contribution in [1.82, 2.24) is 14.9 Å². The summed E-state index contributed by atoms with van der Waals surface area (Å²) in [5.74, 6) is -0.0720. The third kappa shape index (κ3) is 4.14. The minimum Gasteiger partial charge on any atom is -0.355 e. The predicted molar refractivity (Wildman–Crippen MR) is 114 cm³/mol. The molecule has 5 nitrogen and oxygen atoms in total. The van der Waals surface area contributed by atoms with Crippen LogP contribution >= 0.6 is 23.1 Å². The Morgan fingerprint density at radius 2 is 2.15 bits per heavy atom. The van der Waals surface area contributed by atoms with E-state index in [-0.39, 0.29) is 16.7 Å². The van der Waals surface area contributed by atoms with Crippen LogP contribution in [0.3, 0.4) is 0 Å². The van der Waals surface area contributed by atoms with Crippen LogP contribution < -0.4 is 10.9 Å². The Hall–Kier alpha value is -2.38. The van der Waals surface area contributed by atoms with E-state index in [9.17, 15) is 9.59 Å². The number of thioether (sulfide) groups is 1. The van der Waals surface area contributed by atoms with Crippen LogP contribution in [0.4, 0.5) is 0 Å². The number of benzene rings is 1. The zero-order chi connectivity index (χ0) is 19.4. The molecule has 0 aliphatic carbocycles. The molecule has 0 aliphatic heterocycles. The monoisotopic (exact) mass is 399 g/mol. The van der Waals surface area contributed by atoms with Crippen LogP contribution in [-0.4, -0.2) is 27.3 Å². The Labute approximate surface area is 166 Å². The SMILES string of the molecule is C=CCn1c(S[C@@H](C)C(=O)NCC)nc2cc(-c3ccccc3)sc2c1=O. The van der Waals surface area contributed by atoms with Crippen LogP contribution in [0.15, 0.2) is 59.0 Å². The number of amides is 1. The molecule has 3 rings (SSSR count). The number of nitrogens with zero attached hydrogens (tertiary/aromatic N) is 2. The van der Waals surface area contributed by atoms with Crippen molar-refractivity contribution in [3.63, 3.8) is 0 Å². The van der Waals surface area contributed by atoms with Gasteiger partial charge in [0.25, 0.3) is 5.56 Å². The van der Waals surface area contributed by atoms with E-state index < -0.39 is 0 Å². The summed E-state index contributed by atoms with van der Waals surface area (Å²) in [4.78, 5) is 30.8. The number of hydrogen-bond acceptors (Lipinski definition) is 5. The quantitative estimate of drug-likeness (QED) is 0.371. The summed E-state index contributed by atoms with van der Waals surface area (Å²) < 4.78 is 2.20. The van der Waals surface area contributed by atoms with Gasteiger partial charge in [-0.25, -0.2) is 4.98 Å². The average molecular weight is 400 g/mol. The minimum absolute atomic E-state index is 0.0720. The maximum absolute atomic E-state index is 13.0. The zero-order valence-corrected chi connectivity index (χ0v) is 16.9. The highest BCUT2D eigenvalue weighted by molar-refractivity contribution is 8.00. The molecule has 0 radical (unpaired) electrons. The van der Waals surface area contributed by atoms with Crippen LogP contribution in [-0.2, 0) is 11.3 Å². The molecule has 140 valence electrons. The number of aromatic nitrogens is 2. The van der Waals surface area contributed by atoms with Crippen molar-refractivity contribution in [3.05, 3.63) is 59.4 Å². The van der Waals surface area contributed by atoms with E-state index in [1.165, 1.54) is 23.1 Å². The predicted octanol–water partition coefficient (Wildman–Crippen LogP) is 3.93. The van der Waals surface area contributed by atoms with Crippen molar-refractivity contribution < 1.29 is 4.79 Å². The van der Waals surface area contributed by atoms with Crippen LogP contribution in [0.5, 0.6) is 0 Å². The summed E-state index contributed by atoms with van der Waals surface area (Å²) in [6, 6.07) is 11.9. The van der Waals surface area contributed by atoms with Crippen LogP contribution in [0.2, 0.25) is 0 Å². The highest BCUT2D eigenvalue weighted by atomic mass is 32.2. The Bertz CT molecular complexity index is 1020. The van der Waals surface area contributed by atoms with Crippen LogP contribution in [0.25, 0.3) is 20.7 Å². The molecule has 1 aromatic carbocycles. The third-order valence-electron chi connectivity index (χ3n) is 3.97. The molecular weight excluding hydrogens is 378 g/mol. The van der Waals surface area contributed by atoms with E-state index in [1.807, 2.05) is 50.2 Å². The molecule has 7 heteroatoms. The molecule has 2 heterocycles. The fourth-order valence-electron chi connectivity index (χ4n) is 2.64. The lowest BCUT2D eigenvalue weighted by Crippen LogP contribution is -2.31. The summed E-state index contributed by atoms with van der Waals surface area (Å²) in [6.45, 7) is 8.36. The first-order valence-corrected chi connectivity index (χ1v) is 10.4. The standard InChI is InChI=1S/C20H21N3O2S2/c1-4-11-23-19(25)17-15(12-16(27-17)14-9-7-6-8-10-14)22-20(23)26-13(3)18(24)21-5-2/h4,6-10,12-13H,1,5,11H2,2-3H3,(H,21,24)/t13-/m0/s1. The van der Waals surface area contributed by atoms with Gasteiger partial charge in [-0.3, -0.25) is 14.2 Å². The fraction of sp³-hybridized carbons (Fsp3) is 0.250. The average Bonchev–Trinajstić information content (AvgIpc) is 3.10. The van der Waals surface area contributed by atoms with Crippen molar-refractivity contribution in [3.8, 4) is 10.4 Å². The van der Waals surface area contributed by atoms with Gasteiger partial charge in [-0.05, 0) is 25.5 Å². The van der Waals surface area contributed by atoms with E-state index in [2.05, 4.69) is 11.9 Å². The Morgan fingerprint density at radius 1 is 1.41 bits per heavy atom. The van der Waals surface area contributed by atoms with Crippen LogP contribution in [0, 0.1) is 0 Å². The van der Waals surface area contributed by atoms with Gasteiger partial charge in [-0.2, -0.15) is 0 Å². The molecule has 0 saturated heterocycles. The first-order valence-electron chi connectivity index (χ1n) is 8.70. The Balaban J connectivity index is 2.07. The molecule has 27 heavy (non-hydrogen) atoms. The largest absolute Gasteiger partial charge is 0.355 e. The molecule has 0 unspecified atom stereocenters. The number of nitrogens with one attached hydrogen (secondary N) is 1. The van der Waals surface area contributed by atoms with Gasteiger partial charge in [0.2, 0.25) is 5.91 Å². The molecule has 0 fully saturated rings. The number of fused-ring (bicyclic) bond motifs is 1. The Morgan fingerprint density at radius 3 is 2.81 bits per heavy atom. The van der Waals surface area contributed by atoms with Crippen molar-refractivity contribution in [2.24, 2.45) is 0 Å². The molecule has 1 N–H and O–H groups in total. The molecule has 1 amide bonds. The number of rotatable bonds is 7. The molecule has 3 aromatic rings. The second-order valence-corrected chi connectivity index (χ2v) is 8.30. The fourth-order valence-corrected chi connectivity index (χ4v) is 4.64. The number of thiophene rings is 1. The van der Waals surface area contributed by atoms with Crippen molar-refractivity contribution in [1.29, 1.82) is 0 Å².